The average Bonchev–Trinajstić information content (AvgIpc) is 2.67. The molecule has 0 radical (unpaired) electrons. The third-order valence-corrected chi connectivity index (χ3v) is 4.45. The molecule has 0 heterocycles. The van der Waals surface area contributed by atoms with Crippen molar-refractivity contribution in [3.63, 3.8) is 0 Å². The standard InChI is InChI=1S/C20H25N3O2.ClH/c1-3-20(21,4-2)14-22-18(24)16-10-12-17(13-11-16)23-19(25)15-8-6-5-7-9-15;/h5-13H,3-4,14,21H2,1-2H3,(H,22,24)(H,23,25);1H. The van der Waals surface area contributed by atoms with Gasteiger partial charge in [0.1, 0.15) is 0 Å². The summed E-state index contributed by atoms with van der Waals surface area (Å²) in [7, 11) is 0. The lowest BCUT2D eigenvalue weighted by atomic mass is 9.94. The molecule has 2 aromatic rings. The topological polar surface area (TPSA) is 84.2 Å². The zero-order valence-electron chi connectivity index (χ0n) is 15.1. The van der Waals surface area contributed by atoms with Crippen molar-refractivity contribution in [2.24, 2.45) is 5.73 Å². The minimum Gasteiger partial charge on any atom is -0.350 e. The third-order valence-electron chi connectivity index (χ3n) is 4.45. The number of amides is 2. The quantitative estimate of drug-likeness (QED) is 0.691. The third kappa shape index (κ3) is 5.86. The van der Waals surface area contributed by atoms with Gasteiger partial charge in [-0.1, -0.05) is 32.0 Å². The largest absolute Gasteiger partial charge is 0.350 e. The van der Waals surface area contributed by atoms with Crippen molar-refractivity contribution in [3.8, 4) is 0 Å². The molecular formula is C20H26ClN3O2. The van der Waals surface area contributed by atoms with Crippen molar-refractivity contribution in [3.05, 3.63) is 65.7 Å². The van der Waals surface area contributed by atoms with Crippen molar-refractivity contribution >= 4 is 29.9 Å². The first-order valence-corrected chi connectivity index (χ1v) is 8.51. The lowest BCUT2D eigenvalue weighted by Gasteiger charge is -2.26. The molecule has 0 bridgehead atoms. The fraction of sp³-hybridized carbons (Fsp3) is 0.300. The molecule has 0 saturated carbocycles. The van der Waals surface area contributed by atoms with Gasteiger partial charge >= 0.3 is 0 Å². The first-order valence-electron chi connectivity index (χ1n) is 8.51. The second-order valence-corrected chi connectivity index (χ2v) is 6.15. The fourth-order valence-electron chi connectivity index (χ4n) is 2.36. The van der Waals surface area contributed by atoms with Gasteiger partial charge in [0.15, 0.2) is 0 Å². The van der Waals surface area contributed by atoms with E-state index in [0.717, 1.165) is 12.8 Å². The van der Waals surface area contributed by atoms with Crippen molar-refractivity contribution in [2.45, 2.75) is 32.2 Å². The Morgan fingerprint density at radius 3 is 1.96 bits per heavy atom. The highest BCUT2D eigenvalue weighted by molar-refractivity contribution is 6.04. The van der Waals surface area contributed by atoms with Gasteiger partial charge in [-0.25, -0.2) is 0 Å². The van der Waals surface area contributed by atoms with Crippen LogP contribution in [0, 0.1) is 0 Å². The molecule has 0 aromatic heterocycles. The molecule has 0 aliphatic heterocycles. The van der Waals surface area contributed by atoms with E-state index in [-0.39, 0.29) is 29.8 Å². The predicted molar refractivity (Wildman–Crippen MR) is 108 cm³/mol. The Kier molecular flexibility index (Phi) is 8.29. The summed E-state index contributed by atoms with van der Waals surface area (Å²) in [5, 5.41) is 5.68. The first-order chi connectivity index (χ1) is 12.0. The summed E-state index contributed by atoms with van der Waals surface area (Å²) in [4.78, 5) is 24.3. The van der Waals surface area contributed by atoms with Crippen LogP contribution in [0.3, 0.4) is 0 Å². The Bertz CT molecular complexity index is 714. The van der Waals surface area contributed by atoms with Gasteiger partial charge in [-0.05, 0) is 49.2 Å². The minimum atomic E-state index is -0.376. The number of carbonyl (C=O) groups is 2. The molecule has 0 spiro atoms. The molecule has 2 aromatic carbocycles. The van der Waals surface area contributed by atoms with E-state index in [9.17, 15) is 9.59 Å². The second-order valence-electron chi connectivity index (χ2n) is 6.15. The lowest BCUT2D eigenvalue weighted by Crippen LogP contribution is -2.49. The maximum atomic E-state index is 12.2. The van der Waals surface area contributed by atoms with Gasteiger partial charge in [0.05, 0.1) is 0 Å². The van der Waals surface area contributed by atoms with Crippen LogP contribution in [0.2, 0.25) is 0 Å². The molecule has 6 heteroatoms. The van der Waals surface area contributed by atoms with Crippen LogP contribution in [0.25, 0.3) is 0 Å². The number of hydrogen-bond acceptors (Lipinski definition) is 3. The molecular weight excluding hydrogens is 350 g/mol. The molecule has 0 atom stereocenters. The van der Waals surface area contributed by atoms with Gasteiger partial charge < -0.3 is 16.4 Å². The Morgan fingerprint density at radius 1 is 0.885 bits per heavy atom. The number of benzene rings is 2. The SMILES string of the molecule is CCC(N)(CC)CNC(=O)c1ccc(NC(=O)c2ccccc2)cc1.Cl. The molecule has 2 amide bonds. The van der Waals surface area contributed by atoms with Crippen LogP contribution in [0.15, 0.2) is 54.6 Å². The lowest BCUT2D eigenvalue weighted by molar-refractivity contribution is 0.0941. The van der Waals surface area contributed by atoms with Crippen LogP contribution < -0.4 is 16.4 Å². The monoisotopic (exact) mass is 375 g/mol. The Hall–Kier alpha value is -2.37. The number of halogens is 1. The number of carbonyl (C=O) groups excluding carboxylic acids is 2. The van der Waals surface area contributed by atoms with E-state index in [0.29, 0.717) is 23.4 Å². The molecule has 0 fully saturated rings. The smallest absolute Gasteiger partial charge is 0.255 e. The fourth-order valence-corrected chi connectivity index (χ4v) is 2.36. The zero-order chi connectivity index (χ0) is 18.3. The van der Waals surface area contributed by atoms with Gasteiger partial charge in [-0.3, -0.25) is 9.59 Å². The Labute approximate surface area is 160 Å². The predicted octanol–water partition coefficient (Wildman–Crippen LogP) is 3.61. The average molecular weight is 376 g/mol. The van der Waals surface area contributed by atoms with Crippen LogP contribution in [0.4, 0.5) is 5.69 Å². The van der Waals surface area contributed by atoms with E-state index in [1.165, 1.54) is 0 Å². The molecule has 140 valence electrons. The molecule has 0 unspecified atom stereocenters. The van der Waals surface area contributed by atoms with Gasteiger partial charge in [0.2, 0.25) is 0 Å². The summed E-state index contributed by atoms with van der Waals surface area (Å²) in [5.41, 5.74) is 7.58. The number of anilines is 1. The molecule has 0 aliphatic carbocycles. The normalized spacial score (nSPS) is 10.6. The van der Waals surface area contributed by atoms with Crippen LogP contribution in [0.1, 0.15) is 47.4 Å². The molecule has 26 heavy (non-hydrogen) atoms. The van der Waals surface area contributed by atoms with Crippen molar-refractivity contribution in [2.75, 3.05) is 11.9 Å². The summed E-state index contributed by atoms with van der Waals surface area (Å²) in [6.45, 7) is 4.46. The summed E-state index contributed by atoms with van der Waals surface area (Å²) >= 11 is 0. The Morgan fingerprint density at radius 2 is 1.42 bits per heavy atom. The highest BCUT2D eigenvalue weighted by Crippen LogP contribution is 2.13. The number of nitrogens with one attached hydrogen (secondary N) is 2. The van der Waals surface area contributed by atoms with Crippen LogP contribution >= 0.6 is 12.4 Å². The van der Waals surface area contributed by atoms with E-state index >= 15 is 0 Å². The minimum absolute atomic E-state index is 0. The maximum absolute atomic E-state index is 12.2. The summed E-state index contributed by atoms with van der Waals surface area (Å²) < 4.78 is 0. The molecule has 4 N–H and O–H groups in total. The van der Waals surface area contributed by atoms with Crippen molar-refractivity contribution in [1.82, 2.24) is 5.32 Å². The number of hydrogen-bond donors (Lipinski definition) is 3. The van der Waals surface area contributed by atoms with Crippen LogP contribution in [-0.4, -0.2) is 23.9 Å². The van der Waals surface area contributed by atoms with E-state index in [4.69, 9.17) is 5.73 Å². The maximum Gasteiger partial charge on any atom is 0.255 e. The second kappa shape index (κ2) is 9.94. The van der Waals surface area contributed by atoms with E-state index in [1.54, 1.807) is 36.4 Å². The van der Waals surface area contributed by atoms with Gasteiger partial charge in [0.25, 0.3) is 11.8 Å². The number of rotatable bonds is 7. The molecule has 5 nitrogen and oxygen atoms in total. The molecule has 2 rings (SSSR count). The van der Waals surface area contributed by atoms with Gasteiger partial charge in [-0.15, -0.1) is 12.4 Å². The number of nitrogens with two attached hydrogens (primary N) is 1. The zero-order valence-corrected chi connectivity index (χ0v) is 15.9. The Balaban J connectivity index is 0.00000338. The summed E-state index contributed by atoms with van der Waals surface area (Å²) in [6, 6.07) is 15.8. The van der Waals surface area contributed by atoms with E-state index in [2.05, 4.69) is 10.6 Å². The first kappa shape index (κ1) is 21.7. The van der Waals surface area contributed by atoms with Gasteiger partial charge in [0, 0.05) is 28.9 Å². The summed E-state index contributed by atoms with van der Waals surface area (Å²) in [6.07, 6.45) is 1.60. The van der Waals surface area contributed by atoms with Crippen LogP contribution in [0.5, 0.6) is 0 Å². The van der Waals surface area contributed by atoms with Crippen molar-refractivity contribution < 1.29 is 9.59 Å². The van der Waals surface area contributed by atoms with Crippen molar-refractivity contribution in [1.29, 1.82) is 0 Å². The van der Waals surface area contributed by atoms with E-state index < -0.39 is 0 Å². The van der Waals surface area contributed by atoms with E-state index in [1.807, 2.05) is 32.0 Å². The highest BCUT2D eigenvalue weighted by atomic mass is 35.5. The van der Waals surface area contributed by atoms with Crippen LogP contribution in [-0.2, 0) is 0 Å². The summed E-state index contributed by atoms with van der Waals surface area (Å²) in [5.74, 6) is -0.353. The highest BCUT2D eigenvalue weighted by Gasteiger charge is 2.21. The van der Waals surface area contributed by atoms with Gasteiger partial charge in [-0.2, -0.15) is 0 Å². The molecule has 0 aliphatic rings. The molecule has 0 saturated heterocycles.